The van der Waals surface area contributed by atoms with Gasteiger partial charge in [0, 0.05) is 12.8 Å². The average molecular weight is 1020 g/mol. The molecule has 0 heterocycles. The first-order valence-corrected chi connectivity index (χ1v) is 30.3. The van der Waals surface area contributed by atoms with Crippen LogP contribution in [0.1, 0.15) is 239 Å². The number of carbonyl (C=O) groups is 2. The van der Waals surface area contributed by atoms with Gasteiger partial charge in [0.1, 0.15) is 19.8 Å². The van der Waals surface area contributed by atoms with E-state index in [2.05, 4.69) is 98.9 Å². The van der Waals surface area contributed by atoms with Crippen molar-refractivity contribution in [2.45, 2.75) is 245 Å². The van der Waals surface area contributed by atoms with Gasteiger partial charge >= 0.3 is 19.8 Å². The van der Waals surface area contributed by atoms with Crippen molar-refractivity contribution in [3.05, 3.63) is 85.1 Å². The van der Waals surface area contributed by atoms with Crippen molar-refractivity contribution in [2.75, 3.05) is 47.5 Å². The number of esters is 2. The predicted octanol–water partition coefficient (Wildman–Crippen LogP) is 17.9. The zero-order chi connectivity index (χ0) is 52.0. The van der Waals surface area contributed by atoms with Gasteiger partial charge in [-0.2, -0.15) is 0 Å². The molecule has 0 fully saturated rings. The normalized spacial score (nSPS) is 13.9. The standard InChI is InChI=1S/C61H108NO8P/c1-6-8-10-12-14-16-18-20-22-23-24-25-26-27-28-29-30-31-32-33-34-35-36-37-38-39-40-42-44-46-48-50-52-54-61(64)70-59(58-69-71(65,66)68-56-55-62(3,4)5)57-67-60(63)53-51-49-47-45-43-41-21-19-17-15-13-11-9-7-2/h8,10,13-16,19-22,24-25,27-28,59H,6-7,9,11-12,17-18,23,26,29-58H2,1-5H3/p+1/b10-8-,15-13-,16-14-,21-19-,22-20-,25-24-,28-27-. The number of phosphoric ester groups is 1. The molecule has 0 aliphatic rings. The van der Waals surface area contributed by atoms with E-state index in [9.17, 15) is 19.0 Å². The van der Waals surface area contributed by atoms with E-state index in [4.69, 9.17) is 18.5 Å². The molecule has 0 aromatic heterocycles. The molecule has 2 unspecified atom stereocenters. The molecule has 0 aromatic rings. The highest BCUT2D eigenvalue weighted by Crippen LogP contribution is 2.43. The molecule has 9 nitrogen and oxygen atoms in total. The topological polar surface area (TPSA) is 108 Å². The SMILES string of the molecule is CC/C=C\C/C=C\C/C=C\C/C=C\C/C=C\CCCCCCCCCCCCCCCCCCCC(=O)OC(COC(=O)CCCCCCC/C=C\C/C=C\CCCC)COP(=O)(O)OCC[N+](C)(C)C. The highest BCUT2D eigenvalue weighted by atomic mass is 31.2. The van der Waals surface area contributed by atoms with E-state index >= 15 is 0 Å². The minimum Gasteiger partial charge on any atom is -0.462 e. The summed E-state index contributed by atoms with van der Waals surface area (Å²) in [5, 5.41) is 0. The second-order valence-electron chi connectivity index (χ2n) is 20.3. The molecule has 0 radical (unpaired) electrons. The van der Waals surface area contributed by atoms with Gasteiger partial charge in [0.15, 0.2) is 6.10 Å². The lowest BCUT2D eigenvalue weighted by molar-refractivity contribution is -0.870. The molecule has 2 atom stereocenters. The van der Waals surface area contributed by atoms with E-state index in [1.54, 1.807) is 0 Å². The van der Waals surface area contributed by atoms with Gasteiger partial charge in [-0.15, -0.1) is 0 Å². The van der Waals surface area contributed by atoms with E-state index < -0.39 is 26.5 Å². The van der Waals surface area contributed by atoms with Crippen LogP contribution >= 0.6 is 7.82 Å². The summed E-state index contributed by atoms with van der Waals surface area (Å²) in [6.07, 6.45) is 69.5. The Labute approximate surface area is 437 Å². The Kier molecular flexibility index (Phi) is 50.0. The fourth-order valence-electron chi connectivity index (χ4n) is 7.71. The van der Waals surface area contributed by atoms with Crippen molar-refractivity contribution in [3.8, 4) is 0 Å². The molecule has 1 N–H and O–H groups in total. The number of nitrogens with zero attached hydrogens (tertiary/aromatic N) is 1. The van der Waals surface area contributed by atoms with Crippen molar-refractivity contribution in [3.63, 3.8) is 0 Å². The zero-order valence-corrected chi connectivity index (χ0v) is 47.3. The van der Waals surface area contributed by atoms with Crippen LogP contribution in [-0.2, 0) is 32.7 Å². The molecule has 0 aliphatic heterocycles. The molecule has 0 amide bonds. The monoisotopic (exact) mass is 1010 g/mol. The number of phosphoric acid groups is 1. The lowest BCUT2D eigenvalue weighted by atomic mass is 10.0. The largest absolute Gasteiger partial charge is 0.472 e. The van der Waals surface area contributed by atoms with Crippen LogP contribution in [0.25, 0.3) is 0 Å². The number of hydrogen-bond acceptors (Lipinski definition) is 7. The Morgan fingerprint density at radius 1 is 0.451 bits per heavy atom. The number of rotatable bonds is 52. The Hall–Kier alpha value is -2.81. The molecule has 0 rings (SSSR count). The number of ether oxygens (including phenoxy) is 2. The van der Waals surface area contributed by atoms with E-state index in [0.29, 0.717) is 17.4 Å². The maximum Gasteiger partial charge on any atom is 0.472 e. The molecular weight excluding hydrogens is 906 g/mol. The highest BCUT2D eigenvalue weighted by Gasteiger charge is 2.27. The van der Waals surface area contributed by atoms with Gasteiger partial charge in [-0.1, -0.05) is 227 Å². The first-order chi connectivity index (χ1) is 34.5. The minimum atomic E-state index is -4.39. The van der Waals surface area contributed by atoms with Crippen LogP contribution in [0.2, 0.25) is 0 Å². The molecule has 0 saturated carbocycles. The van der Waals surface area contributed by atoms with Crippen molar-refractivity contribution in [1.82, 2.24) is 0 Å². The Morgan fingerprint density at radius 3 is 1.20 bits per heavy atom. The second kappa shape index (κ2) is 52.1. The van der Waals surface area contributed by atoms with Crippen molar-refractivity contribution >= 4 is 19.8 Å². The van der Waals surface area contributed by atoms with Crippen molar-refractivity contribution < 1.29 is 42.1 Å². The summed E-state index contributed by atoms with van der Waals surface area (Å²) in [7, 11) is 1.47. The molecular formula is C61H109NO8P+. The smallest absolute Gasteiger partial charge is 0.462 e. The van der Waals surface area contributed by atoms with Gasteiger partial charge in [0.2, 0.25) is 0 Å². The molecule has 0 aliphatic carbocycles. The van der Waals surface area contributed by atoms with Gasteiger partial charge in [-0.3, -0.25) is 18.6 Å². The van der Waals surface area contributed by atoms with Gasteiger partial charge in [0.25, 0.3) is 0 Å². The van der Waals surface area contributed by atoms with E-state index in [0.717, 1.165) is 96.3 Å². The van der Waals surface area contributed by atoms with Crippen molar-refractivity contribution in [1.29, 1.82) is 0 Å². The van der Waals surface area contributed by atoms with Gasteiger partial charge < -0.3 is 18.9 Å². The minimum absolute atomic E-state index is 0.0273. The van der Waals surface area contributed by atoms with Crippen molar-refractivity contribution in [2.24, 2.45) is 0 Å². The van der Waals surface area contributed by atoms with Gasteiger partial charge in [-0.25, -0.2) is 4.57 Å². The number of unbranched alkanes of at least 4 members (excludes halogenated alkanes) is 24. The quantitative estimate of drug-likeness (QED) is 0.0211. The van der Waals surface area contributed by atoms with E-state index in [1.807, 2.05) is 21.1 Å². The summed E-state index contributed by atoms with van der Waals surface area (Å²) in [4.78, 5) is 35.6. The number of hydrogen-bond donors (Lipinski definition) is 1. The number of allylic oxidation sites excluding steroid dienone is 14. The Morgan fingerprint density at radius 2 is 0.803 bits per heavy atom. The maximum atomic E-state index is 12.8. The average Bonchev–Trinajstić information content (AvgIpc) is 3.33. The summed E-state index contributed by atoms with van der Waals surface area (Å²) >= 11 is 0. The first kappa shape index (κ1) is 68.2. The molecule has 410 valence electrons. The van der Waals surface area contributed by atoms with Gasteiger partial charge in [-0.05, 0) is 83.5 Å². The third-order valence-electron chi connectivity index (χ3n) is 12.2. The molecule has 10 heteroatoms. The van der Waals surface area contributed by atoms with Crippen LogP contribution in [0.4, 0.5) is 0 Å². The Bertz CT molecular complexity index is 1470. The lowest BCUT2D eigenvalue weighted by Gasteiger charge is -2.24. The molecule has 0 saturated heterocycles. The third kappa shape index (κ3) is 56.3. The fourth-order valence-corrected chi connectivity index (χ4v) is 8.45. The molecule has 0 spiro atoms. The maximum absolute atomic E-state index is 12.8. The third-order valence-corrected chi connectivity index (χ3v) is 13.1. The van der Waals surface area contributed by atoms with Crippen LogP contribution in [0, 0.1) is 0 Å². The number of carbonyl (C=O) groups excluding carboxylic acids is 2. The summed E-state index contributed by atoms with van der Waals surface area (Å²) in [5.41, 5.74) is 0. The highest BCUT2D eigenvalue weighted by molar-refractivity contribution is 7.47. The first-order valence-electron chi connectivity index (χ1n) is 28.8. The summed E-state index contributed by atoms with van der Waals surface area (Å²) in [6, 6.07) is 0. The second-order valence-corrected chi connectivity index (χ2v) is 21.7. The van der Waals surface area contributed by atoms with Gasteiger partial charge in [0.05, 0.1) is 27.7 Å². The molecule has 71 heavy (non-hydrogen) atoms. The van der Waals surface area contributed by atoms with Crippen LogP contribution in [0.3, 0.4) is 0 Å². The summed E-state index contributed by atoms with van der Waals surface area (Å²) in [6.45, 7) is 4.27. The van der Waals surface area contributed by atoms with E-state index in [1.165, 1.54) is 109 Å². The van der Waals surface area contributed by atoms with Crippen LogP contribution in [0.5, 0.6) is 0 Å². The fraction of sp³-hybridized carbons (Fsp3) is 0.738. The zero-order valence-electron chi connectivity index (χ0n) is 46.4. The lowest BCUT2D eigenvalue weighted by Crippen LogP contribution is -2.37. The Balaban J connectivity index is 4.06. The van der Waals surface area contributed by atoms with Crippen LogP contribution in [0.15, 0.2) is 85.1 Å². The summed E-state index contributed by atoms with van der Waals surface area (Å²) in [5.74, 6) is -0.812. The van der Waals surface area contributed by atoms with Crippen LogP contribution in [-0.4, -0.2) is 74.9 Å². The molecule has 0 bridgehead atoms. The number of likely N-dealkylation sites (N-methyl/N-ethyl adjacent to an activating group) is 1. The van der Waals surface area contributed by atoms with E-state index in [-0.39, 0.29) is 32.0 Å². The predicted molar refractivity (Wildman–Crippen MR) is 302 cm³/mol. The number of quaternary nitrogens is 1. The summed E-state index contributed by atoms with van der Waals surface area (Å²) < 4.78 is 34.5. The van der Waals surface area contributed by atoms with Crippen LogP contribution < -0.4 is 0 Å². The molecule has 0 aromatic carbocycles.